The lowest BCUT2D eigenvalue weighted by Crippen LogP contribution is -2.20. The van der Waals surface area contributed by atoms with Crippen molar-refractivity contribution >= 4 is 35.2 Å². The van der Waals surface area contributed by atoms with Crippen molar-refractivity contribution in [3.63, 3.8) is 0 Å². The van der Waals surface area contributed by atoms with E-state index in [-0.39, 0.29) is 6.54 Å². The van der Waals surface area contributed by atoms with Gasteiger partial charge in [0.05, 0.1) is 15.6 Å². The lowest BCUT2D eigenvalue weighted by Gasteiger charge is -2.09. The Labute approximate surface area is 146 Å². The Bertz CT molecular complexity index is 773. The van der Waals surface area contributed by atoms with E-state index in [1.165, 1.54) is 24.3 Å². The SMILES string of the molecule is O=C(C=Cc1ccc(Cl)c(Cl)c1)NCc1cccc(C(F)(F)F)c1. The number of carbonyl (C=O) groups excluding carboxylic acids is 1. The van der Waals surface area contributed by atoms with Crippen LogP contribution >= 0.6 is 23.2 Å². The number of benzene rings is 2. The van der Waals surface area contributed by atoms with E-state index in [1.54, 1.807) is 18.2 Å². The van der Waals surface area contributed by atoms with Gasteiger partial charge in [0.2, 0.25) is 5.91 Å². The third kappa shape index (κ3) is 5.28. The molecule has 2 aromatic rings. The number of halogens is 5. The van der Waals surface area contributed by atoms with Crippen molar-refractivity contribution in [2.75, 3.05) is 0 Å². The molecule has 0 radical (unpaired) electrons. The van der Waals surface area contributed by atoms with Crippen LogP contribution in [0.5, 0.6) is 0 Å². The number of carbonyl (C=O) groups is 1. The number of nitrogens with one attached hydrogen (secondary N) is 1. The van der Waals surface area contributed by atoms with Crippen molar-refractivity contribution < 1.29 is 18.0 Å². The number of hydrogen-bond donors (Lipinski definition) is 1. The molecule has 0 aromatic heterocycles. The lowest BCUT2D eigenvalue weighted by molar-refractivity contribution is -0.137. The molecule has 2 nitrogen and oxygen atoms in total. The molecule has 7 heteroatoms. The largest absolute Gasteiger partial charge is 0.416 e. The molecule has 0 aliphatic heterocycles. The molecular weight excluding hydrogens is 362 g/mol. The fourth-order valence-corrected chi connectivity index (χ4v) is 2.20. The molecule has 24 heavy (non-hydrogen) atoms. The number of rotatable bonds is 4. The normalized spacial score (nSPS) is 11.7. The van der Waals surface area contributed by atoms with Crippen LogP contribution in [-0.2, 0) is 17.5 Å². The van der Waals surface area contributed by atoms with E-state index in [9.17, 15) is 18.0 Å². The zero-order valence-electron chi connectivity index (χ0n) is 12.2. The quantitative estimate of drug-likeness (QED) is 0.719. The molecular formula is C17H12Cl2F3NO. The Balaban J connectivity index is 1.96. The minimum Gasteiger partial charge on any atom is -0.348 e. The summed E-state index contributed by atoms with van der Waals surface area (Å²) in [6.45, 7) is -0.00549. The zero-order chi connectivity index (χ0) is 17.7. The number of hydrogen-bond acceptors (Lipinski definition) is 1. The van der Waals surface area contributed by atoms with Gasteiger partial charge in [-0.25, -0.2) is 0 Å². The minimum absolute atomic E-state index is 0.00549. The standard InChI is InChI=1S/C17H12Cl2F3NO/c18-14-6-4-11(9-15(14)19)5-7-16(24)23-10-12-2-1-3-13(8-12)17(20,21)22/h1-9H,10H2,(H,23,24). The van der Waals surface area contributed by atoms with Crippen LogP contribution in [-0.4, -0.2) is 5.91 Å². The zero-order valence-corrected chi connectivity index (χ0v) is 13.7. The van der Waals surface area contributed by atoms with Crippen molar-refractivity contribution in [3.05, 3.63) is 75.3 Å². The van der Waals surface area contributed by atoms with Crippen molar-refractivity contribution in [2.45, 2.75) is 12.7 Å². The van der Waals surface area contributed by atoms with E-state index in [4.69, 9.17) is 23.2 Å². The van der Waals surface area contributed by atoms with Gasteiger partial charge in [0.1, 0.15) is 0 Å². The van der Waals surface area contributed by atoms with Gasteiger partial charge in [-0.2, -0.15) is 13.2 Å². The second-order valence-electron chi connectivity index (χ2n) is 4.92. The summed E-state index contributed by atoms with van der Waals surface area (Å²) in [5.41, 5.74) is 0.292. The maximum atomic E-state index is 12.6. The van der Waals surface area contributed by atoms with E-state index >= 15 is 0 Å². The Kier molecular flexibility index (Phi) is 5.91. The highest BCUT2D eigenvalue weighted by atomic mass is 35.5. The molecule has 0 saturated heterocycles. The summed E-state index contributed by atoms with van der Waals surface area (Å²) in [6.07, 6.45) is -1.61. The lowest BCUT2D eigenvalue weighted by atomic mass is 10.1. The third-order valence-corrected chi connectivity index (χ3v) is 3.83. The molecule has 2 aromatic carbocycles. The monoisotopic (exact) mass is 373 g/mol. The molecule has 1 amide bonds. The summed E-state index contributed by atoms with van der Waals surface area (Å²) < 4.78 is 37.9. The molecule has 0 atom stereocenters. The van der Waals surface area contributed by atoms with Gasteiger partial charge in [-0.05, 0) is 41.5 Å². The number of amides is 1. The molecule has 0 fully saturated rings. The Morgan fingerprint density at radius 2 is 1.83 bits per heavy atom. The Morgan fingerprint density at radius 3 is 2.50 bits per heavy atom. The first-order valence-corrected chi connectivity index (χ1v) is 7.58. The molecule has 0 unspecified atom stereocenters. The smallest absolute Gasteiger partial charge is 0.348 e. The van der Waals surface area contributed by atoms with Gasteiger partial charge in [-0.3, -0.25) is 4.79 Å². The van der Waals surface area contributed by atoms with Crippen LogP contribution in [0.4, 0.5) is 13.2 Å². The summed E-state index contributed by atoms with van der Waals surface area (Å²) in [4.78, 5) is 11.7. The number of alkyl halides is 3. The van der Waals surface area contributed by atoms with Crippen LogP contribution in [0.15, 0.2) is 48.5 Å². The van der Waals surface area contributed by atoms with Gasteiger partial charge in [0.25, 0.3) is 0 Å². The van der Waals surface area contributed by atoms with Crippen molar-refractivity contribution in [2.24, 2.45) is 0 Å². The molecule has 2 rings (SSSR count). The summed E-state index contributed by atoms with van der Waals surface area (Å²) in [7, 11) is 0. The molecule has 0 spiro atoms. The predicted molar refractivity (Wildman–Crippen MR) is 88.8 cm³/mol. The van der Waals surface area contributed by atoms with Gasteiger partial charge >= 0.3 is 6.18 Å². The molecule has 0 heterocycles. The second kappa shape index (κ2) is 7.73. The summed E-state index contributed by atoms with van der Waals surface area (Å²) >= 11 is 11.7. The maximum absolute atomic E-state index is 12.6. The Hall–Kier alpha value is -1.98. The summed E-state index contributed by atoms with van der Waals surface area (Å²) in [5, 5.41) is 3.29. The van der Waals surface area contributed by atoms with Crippen LogP contribution in [0.2, 0.25) is 10.0 Å². The van der Waals surface area contributed by atoms with Crippen molar-refractivity contribution in [1.29, 1.82) is 0 Å². The van der Waals surface area contributed by atoms with Gasteiger partial charge < -0.3 is 5.32 Å². The fraction of sp³-hybridized carbons (Fsp3) is 0.118. The van der Waals surface area contributed by atoms with Crippen molar-refractivity contribution in [3.8, 4) is 0 Å². The van der Waals surface area contributed by atoms with Crippen LogP contribution < -0.4 is 5.32 Å². The van der Waals surface area contributed by atoms with Crippen LogP contribution in [0.3, 0.4) is 0 Å². The third-order valence-electron chi connectivity index (χ3n) is 3.09. The molecule has 0 aliphatic rings. The first kappa shape index (κ1) is 18.4. The van der Waals surface area contributed by atoms with Gasteiger partial charge in [0, 0.05) is 12.6 Å². The topological polar surface area (TPSA) is 29.1 Å². The molecule has 0 saturated carbocycles. The highest BCUT2D eigenvalue weighted by molar-refractivity contribution is 6.42. The van der Waals surface area contributed by atoms with Gasteiger partial charge in [0.15, 0.2) is 0 Å². The van der Waals surface area contributed by atoms with E-state index in [0.717, 1.165) is 12.1 Å². The second-order valence-corrected chi connectivity index (χ2v) is 5.74. The maximum Gasteiger partial charge on any atom is 0.416 e. The molecule has 1 N–H and O–H groups in total. The van der Waals surface area contributed by atoms with E-state index in [1.807, 2.05) is 0 Å². The summed E-state index contributed by atoms with van der Waals surface area (Å²) in [6, 6.07) is 9.68. The fourth-order valence-electron chi connectivity index (χ4n) is 1.89. The minimum atomic E-state index is -4.41. The predicted octanol–water partition coefficient (Wildman–Crippen LogP) is 5.34. The first-order valence-electron chi connectivity index (χ1n) is 6.83. The average Bonchev–Trinajstić information content (AvgIpc) is 2.53. The molecule has 0 aliphatic carbocycles. The highest BCUT2D eigenvalue weighted by Gasteiger charge is 2.30. The molecule has 126 valence electrons. The molecule has 0 bridgehead atoms. The van der Waals surface area contributed by atoms with Crippen LogP contribution in [0, 0.1) is 0 Å². The van der Waals surface area contributed by atoms with Gasteiger partial charge in [-0.15, -0.1) is 0 Å². The first-order chi connectivity index (χ1) is 11.3. The van der Waals surface area contributed by atoms with Crippen LogP contribution in [0.1, 0.15) is 16.7 Å². The summed E-state index contributed by atoms with van der Waals surface area (Å²) in [5.74, 6) is -0.432. The van der Waals surface area contributed by atoms with Crippen molar-refractivity contribution in [1.82, 2.24) is 5.32 Å². The van der Waals surface area contributed by atoms with E-state index in [2.05, 4.69) is 5.32 Å². The average molecular weight is 374 g/mol. The van der Waals surface area contributed by atoms with Crippen LogP contribution in [0.25, 0.3) is 6.08 Å². The highest BCUT2D eigenvalue weighted by Crippen LogP contribution is 2.29. The van der Waals surface area contributed by atoms with E-state index < -0.39 is 17.6 Å². The Morgan fingerprint density at radius 1 is 1.08 bits per heavy atom. The van der Waals surface area contributed by atoms with Gasteiger partial charge in [-0.1, -0.05) is 41.4 Å². The van der Waals surface area contributed by atoms with E-state index in [0.29, 0.717) is 21.2 Å².